The van der Waals surface area contributed by atoms with Gasteiger partial charge in [-0.1, -0.05) is 0 Å². The molecule has 1 heterocycles. The van der Waals surface area contributed by atoms with Gasteiger partial charge in [0.2, 0.25) is 0 Å². The highest BCUT2D eigenvalue weighted by atomic mass is 19.3. The van der Waals surface area contributed by atoms with E-state index in [9.17, 15) is 13.9 Å². The number of H-pyrrole nitrogens is 1. The lowest BCUT2D eigenvalue weighted by Crippen LogP contribution is -2.27. The summed E-state index contributed by atoms with van der Waals surface area (Å²) in [5, 5.41) is 16.0. The molecule has 1 aromatic heterocycles. The Kier molecular flexibility index (Phi) is 2.06. The lowest BCUT2D eigenvalue weighted by atomic mass is 9.84. The monoisotopic (exact) mass is 202 g/mol. The van der Waals surface area contributed by atoms with Gasteiger partial charge in [0.05, 0.1) is 5.69 Å². The van der Waals surface area contributed by atoms with E-state index in [1.807, 2.05) is 0 Å². The fourth-order valence-electron chi connectivity index (χ4n) is 1.99. The molecule has 1 unspecified atom stereocenters. The maximum absolute atomic E-state index is 12.5. The molecule has 0 amide bonds. The van der Waals surface area contributed by atoms with Crippen molar-refractivity contribution in [2.75, 3.05) is 0 Å². The Hall–Kier alpha value is -0.970. The van der Waals surface area contributed by atoms with E-state index < -0.39 is 12.0 Å². The summed E-state index contributed by atoms with van der Waals surface area (Å²) in [5.41, 5.74) is -0.313. The molecule has 2 N–H and O–H groups in total. The summed E-state index contributed by atoms with van der Waals surface area (Å²) in [4.78, 5) is 0. The largest absolute Gasteiger partial charge is 0.384 e. The second kappa shape index (κ2) is 3.02. The number of rotatable bonds is 1. The highest BCUT2D eigenvalue weighted by Crippen LogP contribution is 2.37. The fourth-order valence-corrected chi connectivity index (χ4v) is 1.99. The van der Waals surface area contributed by atoms with Crippen LogP contribution in [0.2, 0.25) is 0 Å². The first-order valence-corrected chi connectivity index (χ1v) is 4.60. The zero-order valence-electron chi connectivity index (χ0n) is 7.85. The van der Waals surface area contributed by atoms with E-state index in [2.05, 4.69) is 10.2 Å². The molecule has 3 nitrogen and oxygen atoms in total. The van der Waals surface area contributed by atoms with Crippen molar-refractivity contribution in [1.29, 1.82) is 0 Å². The molecule has 2 rings (SSSR count). The molecule has 1 atom stereocenters. The van der Waals surface area contributed by atoms with Crippen LogP contribution in [0.3, 0.4) is 0 Å². The van der Waals surface area contributed by atoms with Crippen LogP contribution in [0.4, 0.5) is 8.78 Å². The summed E-state index contributed by atoms with van der Waals surface area (Å²) >= 11 is 0. The number of nitrogens with one attached hydrogen (secondary N) is 1. The molecule has 0 spiro atoms. The third kappa shape index (κ3) is 1.32. The molecule has 5 heteroatoms. The summed E-state index contributed by atoms with van der Waals surface area (Å²) in [5.74, 6) is 0. The molecule has 78 valence electrons. The summed E-state index contributed by atoms with van der Waals surface area (Å²) in [6.07, 6.45) is -0.672. The summed E-state index contributed by atoms with van der Waals surface area (Å²) < 4.78 is 25.0. The second-order valence-corrected chi connectivity index (χ2v) is 3.89. The number of hydrogen-bond acceptors (Lipinski definition) is 2. The molecule has 1 aromatic rings. The van der Waals surface area contributed by atoms with Gasteiger partial charge in [-0.2, -0.15) is 5.10 Å². The molecular formula is C9H12F2N2O. The van der Waals surface area contributed by atoms with Crippen LogP contribution in [0.5, 0.6) is 0 Å². The van der Waals surface area contributed by atoms with Gasteiger partial charge in [-0.25, -0.2) is 8.78 Å². The molecule has 0 aromatic carbocycles. The number of hydrogen-bond donors (Lipinski definition) is 2. The molecule has 0 saturated heterocycles. The Morgan fingerprint density at radius 3 is 2.93 bits per heavy atom. The lowest BCUT2D eigenvalue weighted by molar-refractivity contribution is 0.0340. The van der Waals surface area contributed by atoms with Crippen LogP contribution in [0.15, 0.2) is 0 Å². The van der Waals surface area contributed by atoms with Crippen molar-refractivity contribution < 1.29 is 13.9 Å². The van der Waals surface area contributed by atoms with Crippen LogP contribution in [0.25, 0.3) is 0 Å². The first kappa shape index (κ1) is 9.58. The number of alkyl halides is 2. The van der Waals surface area contributed by atoms with Crippen molar-refractivity contribution in [2.24, 2.45) is 0 Å². The highest BCUT2D eigenvalue weighted by molar-refractivity contribution is 5.32. The topological polar surface area (TPSA) is 48.9 Å². The summed E-state index contributed by atoms with van der Waals surface area (Å²) in [6.45, 7) is 1.61. The Morgan fingerprint density at radius 1 is 1.57 bits per heavy atom. The van der Waals surface area contributed by atoms with E-state index in [-0.39, 0.29) is 5.69 Å². The Balaban J connectivity index is 2.48. The minimum Gasteiger partial charge on any atom is -0.384 e. The molecule has 1 aliphatic rings. The van der Waals surface area contributed by atoms with E-state index in [1.165, 1.54) is 0 Å². The Labute approximate surface area is 80.1 Å². The second-order valence-electron chi connectivity index (χ2n) is 3.89. The number of aromatic amines is 1. The SMILES string of the molecule is CC1(O)CCCc2c1n[nH]c2C(F)F. The smallest absolute Gasteiger partial charge is 0.280 e. The number of halogens is 2. The van der Waals surface area contributed by atoms with Crippen LogP contribution < -0.4 is 0 Å². The van der Waals surface area contributed by atoms with Gasteiger partial charge >= 0.3 is 0 Å². The zero-order valence-corrected chi connectivity index (χ0v) is 7.85. The third-order valence-corrected chi connectivity index (χ3v) is 2.72. The van der Waals surface area contributed by atoms with E-state index in [0.29, 0.717) is 24.1 Å². The average Bonchev–Trinajstić information content (AvgIpc) is 2.48. The van der Waals surface area contributed by atoms with Gasteiger partial charge in [0, 0.05) is 5.56 Å². The zero-order chi connectivity index (χ0) is 10.3. The van der Waals surface area contributed by atoms with Gasteiger partial charge in [-0.05, 0) is 26.2 Å². The van der Waals surface area contributed by atoms with E-state index >= 15 is 0 Å². The fraction of sp³-hybridized carbons (Fsp3) is 0.667. The molecular weight excluding hydrogens is 190 g/mol. The van der Waals surface area contributed by atoms with Crippen LogP contribution in [0.1, 0.15) is 43.1 Å². The van der Waals surface area contributed by atoms with Crippen molar-refractivity contribution in [3.63, 3.8) is 0 Å². The van der Waals surface area contributed by atoms with E-state index in [0.717, 1.165) is 6.42 Å². The van der Waals surface area contributed by atoms with Gasteiger partial charge in [0.25, 0.3) is 6.43 Å². The van der Waals surface area contributed by atoms with Crippen molar-refractivity contribution in [1.82, 2.24) is 10.2 Å². The molecule has 0 fully saturated rings. The van der Waals surface area contributed by atoms with Crippen molar-refractivity contribution in [2.45, 2.75) is 38.2 Å². The number of aliphatic hydroxyl groups is 1. The number of aromatic nitrogens is 2. The normalized spacial score (nSPS) is 26.6. The first-order valence-electron chi connectivity index (χ1n) is 4.60. The minimum atomic E-state index is -2.54. The molecule has 0 radical (unpaired) electrons. The molecule has 0 aliphatic heterocycles. The predicted molar refractivity (Wildman–Crippen MR) is 46.1 cm³/mol. The standard InChI is InChI=1S/C9H12F2N2O/c1-9(14)4-2-3-5-6(8(10)11)12-13-7(5)9/h8,14H,2-4H2,1H3,(H,12,13). The highest BCUT2D eigenvalue weighted by Gasteiger charge is 2.35. The predicted octanol–water partition coefficient (Wildman–Crippen LogP) is 1.89. The third-order valence-electron chi connectivity index (χ3n) is 2.72. The maximum Gasteiger partial charge on any atom is 0.280 e. The average molecular weight is 202 g/mol. The van der Waals surface area contributed by atoms with Crippen molar-refractivity contribution in [3.05, 3.63) is 17.0 Å². The van der Waals surface area contributed by atoms with Gasteiger partial charge in [0.15, 0.2) is 0 Å². The molecule has 0 bridgehead atoms. The van der Waals surface area contributed by atoms with Crippen molar-refractivity contribution in [3.8, 4) is 0 Å². The van der Waals surface area contributed by atoms with Gasteiger partial charge in [0.1, 0.15) is 11.3 Å². The Morgan fingerprint density at radius 2 is 2.29 bits per heavy atom. The quantitative estimate of drug-likeness (QED) is 0.730. The van der Waals surface area contributed by atoms with Crippen LogP contribution >= 0.6 is 0 Å². The van der Waals surface area contributed by atoms with Crippen LogP contribution in [-0.4, -0.2) is 15.3 Å². The van der Waals surface area contributed by atoms with Crippen LogP contribution in [-0.2, 0) is 12.0 Å². The summed E-state index contributed by atoms with van der Waals surface area (Å²) in [7, 11) is 0. The van der Waals surface area contributed by atoms with Crippen molar-refractivity contribution >= 4 is 0 Å². The molecule has 1 aliphatic carbocycles. The van der Waals surface area contributed by atoms with Gasteiger partial charge in [-0.3, -0.25) is 5.10 Å². The van der Waals surface area contributed by atoms with Gasteiger partial charge in [-0.15, -0.1) is 0 Å². The first-order chi connectivity index (χ1) is 6.52. The lowest BCUT2D eigenvalue weighted by Gasteiger charge is -2.26. The molecule has 0 saturated carbocycles. The van der Waals surface area contributed by atoms with Gasteiger partial charge < -0.3 is 5.11 Å². The van der Waals surface area contributed by atoms with Crippen LogP contribution in [0, 0.1) is 0 Å². The maximum atomic E-state index is 12.5. The number of fused-ring (bicyclic) bond motifs is 1. The summed E-state index contributed by atoms with van der Waals surface area (Å²) in [6, 6.07) is 0. The minimum absolute atomic E-state index is 0.139. The van der Waals surface area contributed by atoms with E-state index in [1.54, 1.807) is 6.92 Å². The molecule has 14 heavy (non-hydrogen) atoms. The Bertz CT molecular complexity index is 347. The number of nitrogens with zero attached hydrogens (tertiary/aromatic N) is 1. The van der Waals surface area contributed by atoms with E-state index in [4.69, 9.17) is 0 Å².